The van der Waals surface area contributed by atoms with Gasteiger partial charge in [0.1, 0.15) is 24.4 Å². The van der Waals surface area contributed by atoms with Crippen molar-refractivity contribution < 1.29 is 39.8 Å². The first-order valence-electron chi connectivity index (χ1n) is 38.9. The molecule has 0 saturated carbocycles. The van der Waals surface area contributed by atoms with E-state index < -0.39 is 49.5 Å². The fourth-order valence-electron chi connectivity index (χ4n) is 11.8. The van der Waals surface area contributed by atoms with Crippen LogP contribution in [0.25, 0.3) is 0 Å². The molecule has 1 saturated heterocycles. The molecule has 534 valence electrons. The summed E-state index contributed by atoms with van der Waals surface area (Å²) in [6.07, 6.45) is 101. The second kappa shape index (κ2) is 71.1. The topological polar surface area (TPSA) is 149 Å². The van der Waals surface area contributed by atoms with Gasteiger partial charge in [-0.1, -0.05) is 366 Å². The van der Waals surface area contributed by atoms with Crippen molar-refractivity contribution in [3.8, 4) is 0 Å². The van der Waals surface area contributed by atoms with E-state index in [0.29, 0.717) is 12.8 Å². The van der Waals surface area contributed by atoms with Gasteiger partial charge in [-0.3, -0.25) is 4.79 Å². The lowest BCUT2D eigenvalue weighted by Gasteiger charge is -2.40. The van der Waals surface area contributed by atoms with E-state index in [1.807, 2.05) is 0 Å². The summed E-state index contributed by atoms with van der Waals surface area (Å²) in [4.78, 5) is 13.2. The van der Waals surface area contributed by atoms with Gasteiger partial charge in [-0.05, 0) is 96.3 Å². The number of carbonyl (C=O) groups is 1. The van der Waals surface area contributed by atoms with Crippen molar-refractivity contribution in [1.29, 1.82) is 0 Å². The Morgan fingerprint density at radius 2 is 0.667 bits per heavy atom. The molecule has 6 N–H and O–H groups in total. The lowest BCUT2D eigenvalue weighted by molar-refractivity contribution is -0.302. The Morgan fingerprint density at radius 1 is 0.376 bits per heavy atom. The zero-order chi connectivity index (χ0) is 67.1. The van der Waals surface area contributed by atoms with Gasteiger partial charge in [0.2, 0.25) is 5.91 Å². The first-order valence-corrected chi connectivity index (χ1v) is 38.9. The van der Waals surface area contributed by atoms with Crippen LogP contribution < -0.4 is 5.32 Å². The van der Waals surface area contributed by atoms with Crippen molar-refractivity contribution in [3.05, 3.63) is 134 Å². The van der Waals surface area contributed by atoms with Gasteiger partial charge >= 0.3 is 0 Å². The highest BCUT2D eigenvalue weighted by Crippen LogP contribution is 2.24. The van der Waals surface area contributed by atoms with Gasteiger partial charge in [0, 0.05) is 6.42 Å². The smallest absolute Gasteiger partial charge is 0.220 e. The first-order chi connectivity index (χ1) is 45.8. The molecule has 1 heterocycles. The summed E-state index contributed by atoms with van der Waals surface area (Å²) < 4.78 is 11.4. The summed E-state index contributed by atoms with van der Waals surface area (Å²) in [7, 11) is 0. The van der Waals surface area contributed by atoms with Crippen LogP contribution in [0.4, 0.5) is 0 Å². The highest BCUT2D eigenvalue weighted by Gasteiger charge is 2.44. The Labute approximate surface area is 572 Å². The predicted octanol–water partition coefficient (Wildman–Crippen LogP) is 22.3. The molecule has 0 spiro atoms. The second-order valence-corrected chi connectivity index (χ2v) is 26.4. The quantitative estimate of drug-likeness (QED) is 0.0261. The van der Waals surface area contributed by atoms with Gasteiger partial charge in [-0.15, -0.1) is 0 Å². The third kappa shape index (κ3) is 59.3. The average molecular weight is 1300 g/mol. The Morgan fingerprint density at radius 3 is 0.978 bits per heavy atom. The lowest BCUT2D eigenvalue weighted by atomic mass is 9.99. The largest absolute Gasteiger partial charge is 0.394 e. The summed E-state index contributed by atoms with van der Waals surface area (Å²) in [5.74, 6) is -0.177. The van der Waals surface area contributed by atoms with Gasteiger partial charge in [-0.2, -0.15) is 0 Å². The fourth-order valence-corrected chi connectivity index (χ4v) is 11.8. The van der Waals surface area contributed by atoms with Crippen LogP contribution in [-0.2, 0) is 14.3 Å². The second-order valence-electron chi connectivity index (χ2n) is 26.4. The SMILES string of the molecule is CC/C=C\C/C=C\C/C=C\C/C=C\C/C=C\C/C=C\C/C=C\C/C=C\C/C=C\C/C=C\C/C=C\CCCCCC(=O)NC(COC1OC(CO)C(O)C(O)C1O)C(O)CCCCCCCCCCCCCCCCCCCCCCCCCCCCCCCCCCC. The maximum atomic E-state index is 13.2. The molecule has 0 aromatic rings. The van der Waals surface area contributed by atoms with Gasteiger partial charge in [0.25, 0.3) is 0 Å². The number of aliphatic hydroxyl groups excluding tert-OH is 5. The number of amides is 1. The number of unbranched alkanes of at least 4 members (excludes halogenated alkanes) is 35. The van der Waals surface area contributed by atoms with E-state index in [-0.39, 0.29) is 12.5 Å². The monoisotopic (exact) mass is 1300 g/mol. The third-order valence-electron chi connectivity index (χ3n) is 17.8. The number of hydrogen-bond acceptors (Lipinski definition) is 8. The van der Waals surface area contributed by atoms with Gasteiger partial charge in [0.05, 0.1) is 25.4 Å². The molecule has 0 aromatic carbocycles. The van der Waals surface area contributed by atoms with Crippen molar-refractivity contribution in [2.45, 2.75) is 378 Å². The summed E-state index contributed by atoms with van der Waals surface area (Å²) in [5, 5.41) is 55.0. The van der Waals surface area contributed by atoms with Crippen molar-refractivity contribution in [3.63, 3.8) is 0 Å². The average Bonchev–Trinajstić information content (AvgIpc) is 1.01. The van der Waals surface area contributed by atoms with E-state index in [1.165, 1.54) is 193 Å². The van der Waals surface area contributed by atoms with Crippen LogP contribution in [0.2, 0.25) is 0 Å². The zero-order valence-corrected chi connectivity index (χ0v) is 60.0. The number of hydrogen-bond donors (Lipinski definition) is 6. The molecule has 1 aliphatic rings. The number of rotatable bonds is 67. The highest BCUT2D eigenvalue weighted by atomic mass is 16.7. The van der Waals surface area contributed by atoms with Crippen LogP contribution in [0.5, 0.6) is 0 Å². The summed E-state index contributed by atoms with van der Waals surface area (Å²) in [6, 6.07) is -0.750. The molecule has 0 radical (unpaired) electrons. The number of allylic oxidation sites excluding steroid dienone is 22. The van der Waals surface area contributed by atoms with E-state index in [2.05, 4.69) is 153 Å². The molecule has 9 heteroatoms. The predicted molar refractivity (Wildman–Crippen MR) is 400 cm³/mol. The Balaban J connectivity index is 2.14. The zero-order valence-electron chi connectivity index (χ0n) is 60.0. The van der Waals surface area contributed by atoms with Crippen molar-refractivity contribution in [2.24, 2.45) is 0 Å². The number of nitrogens with one attached hydrogen (secondary N) is 1. The van der Waals surface area contributed by atoms with Gasteiger partial charge in [0.15, 0.2) is 6.29 Å². The standard InChI is InChI=1S/C84H145NO8/c1-3-5-7-9-11-13-15-17-19-21-23-25-27-29-31-33-35-37-38-39-40-42-44-46-48-50-52-54-56-58-60-62-64-66-68-70-72-74-80(88)85-77(76-92-84-83(91)82(90)81(89)79(75-86)93-84)78(87)73-71-69-67-65-63-61-59-57-55-53-51-49-47-45-43-41-36-34-32-30-28-26-24-22-20-18-16-14-12-10-8-6-4-2/h5,7,11,13,17,19,23,25,29,31,35,37,39-40,44,46,50,52,56,58,62,64,77-79,81-84,86-87,89-91H,3-4,6,8-10,12,14-16,18,20-22,24,26-28,30,32-34,36,38,41-43,45,47-49,51,53-55,57,59-61,63,65-76H2,1-2H3,(H,85,88)/b7-5-,13-11-,19-17-,25-23-,31-29-,37-35-,40-39-,46-44-,52-50-,58-56-,64-62-. The van der Waals surface area contributed by atoms with Crippen LogP contribution in [0.15, 0.2) is 134 Å². The van der Waals surface area contributed by atoms with Crippen LogP contribution in [0.1, 0.15) is 335 Å². The molecule has 93 heavy (non-hydrogen) atoms. The van der Waals surface area contributed by atoms with Crippen LogP contribution in [0, 0.1) is 0 Å². The number of ether oxygens (including phenoxy) is 2. The highest BCUT2D eigenvalue weighted by molar-refractivity contribution is 5.76. The maximum absolute atomic E-state index is 13.2. The Hall–Kier alpha value is -3.67. The molecule has 1 rings (SSSR count). The van der Waals surface area contributed by atoms with Gasteiger partial charge in [-0.25, -0.2) is 0 Å². The van der Waals surface area contributed by atoms with Crippen molar-refractivity contribution in [1.82, 2.24) is 5.32 Å². The molecule has 7 atom stereocenters. The molecule has 1 fully saturated rings. The Kier molecular flexibility index (Phi) is 66.8. The molecule has 7 unspecified atom stereocenters. The minimum Gasteiger partial charge on any atom is -0.394 e. The summed E-state index contributed by atoms with van der Waals surface area (Å²) in [6.45, 7) is 3.74. The van der Waals surface area contributed by atoms with Crippen LogP contribution >= 0.6 is 0 Å². The number of aliphatic hydroxyl groups is 5. The van der Waals surface area contributed by atoms with E-state index in [9.17, 15) is 30.3 Å². The summed E-state index contributed by atoms with van der Waals surface area (Å²) in [5.41, 5.74) is 0. The molecular formula is C84H145NO8. The minimum atomic E-state index is -1.57. The van der Waals surface area contributed by atoms with Crippen molar-refractivity contribution in [2.75, 3.05) is 13.2 Å². The third-order valence-corrected chi connectivity index (χ3v) is 17.8. The molecule has 0 aromatic heterocycles. The van der Waals surface area contributed by atoms with E-state index in [4.69, 9.17) is 9.47 Å². The van der Waals surface area contributed by atoms with Gasteiger partial charge < -0.3 is 40.3 Å². The summed E-state index contributed by atoms with van der Waals surface area (Å²) >= 11 is 0. The van der Waals surface area contributed by atoms with Crippen molar-refractivity contribution >= 4 is 5.91 Å². The molecule has 1 amide bonds. The molecular weight excluding hydrogens is 1150 g/mol. The minimum absolute atomic E-state index is 0.159. The maximum Gasteiger partial charge on any atom is 0.220 e. The van der Waals surface area contributed by atoms with Crippen LogP contribution in [-0.4, -0.2) is 87.5 Å². The Bertz CT molecular complexity index is 1940. The normalized spacial score (nSPS) is 18.4. The van der Waals surface area contributed by atoms with E-state index in [0.717, 1.165) is 116 Å². The lowest BCUT2D eigenvalue weighted by Crippen LogP contribution is -2.60. The fraction of sp³-hybridized carbons (Fsp3) is 0.726. The number of carbonyl (C=O) groups excluding carboxylic acids is 1. The molecule has 1 aliphatic heterocycles. The van der Waals surface area contributed by atoms with E-state index in [1.54, 1.807) is 0 Å². The first kappa shape index (κ1) is 87.3. The molecule has 0 bridgehead atoms. The van der Waals surface area contributed by atoms with Crippen LogP contribution in [0.3, 0.4) is 0 Å². The van der Waals surface area contributed by atoms with E-state index >= 15 is 0 Å². The molecule has 0 aliphatic carbocycles. The molecule has 9 nitrogen and oxygen atoms in total.